The van der Waals surface area contributed by atoms with Crippen LogP contribution in [-0.4, -0.2) is 148 Å². The molecule has 1 aromatic heterocycles. The molecule has 4 aromatic rings. The quantitative estimate of drug-likeness (QED) is 0.0239. The Morgan fingerprint density at radius 3 is 2.28 bits per heavy atom. The summed E-state index contributed by atoms with van der Waals surface area (Å²) in [5.41, 5.74) is 7.02. The van der Waals surface area contributed by atoms with E-state index in [2.05, 4.69) is 21.3 Å². The molecule has 7 N–H and O–H groups in total. The molecule has 24 heteroatoms. The number of imide groups is 1. The van der Waals surface area contributed by atoms with Gasteiger partial charge >= 0.3 is 18.2 Å². The fraction of sp³-hybridized carbons (Fsp3) is 0.492. The lowest BCUT2D eigenvalue weighted by Gasteiger charge is -2.40. The van der Waals surface area contributed by atoms with Crippen molar-refractivity contribution in [3.05, 3.63) is 120 Å². The number of imidazole rings is 1. The number of hydrogen-bond acceptors (Lipinski definition) is 12. The Hall–Kier alpha value is -8.12. The predicted molar refractivity (Wildman–Crippen MR) is 307 cm³/mol. The van der Waals surface area contributed by atoms with Gasteiger partial charge in [-0.15, -0.1) is 0 Å². The number of aromatic nitrogens is 2. The lowest BCUT2D eigenvalue weighted by atomic mass is 9.89. The van der Waals surface area contributed by atoms with Gasteiger partial charge in [-0.2, -0.15) is 0 Å². The Labute approximate surface area is 492 Å². The van der Waals surface area contributed by atoms with Gasteiger partial charge in [-0.1, -0.05) is 62.7 Å². The summed E-state index contributed by atoms with van der Waals surface area (Å²) in [5.74, 6) is -5.41. The molecule has 458 valence electrons. The zero-order valence-electron chi connectivity index (χ0n) is 48.2. The number of nitrogens with one attached hydrogen (secondary N) is 4. The molecule has 21 nitrogen and oxygen atoms in total. The van der Waals surface area contributed by atoms with E-state index in [1.54, 1.807) is 55.8 Å². The molecule has 4 heterocycles. The van der Waals surface area contributed by atoms with E-state index in [1.807, 2.05) is 30.3 Å². The molecule has 85 heavy (non-hydrogen) atoms. The normalized spacial score (nSPS) is 17.6. The van der Waals surface area contributed by atoms with Crippen molar-refractivity contribution in [1.82, 2.24) is 40.2 Å². The number of carbonyl (C=O) groups is 8. The first-order valence-electron chi connectivity index (χ1n) is 28.9. The van der Waals surface area contributed by atoms with E-state index in [-0.39, 0.29) is 112 Å². The lowest BCUT2D eigenvalue weighted by Crippen LogP contribution is -2.51. The predicted octanol–water partition coefficient (Wildman–Crippen LogP) is 6.93. The van der Waals surface area contributed by atoms with Crippen LogP contribution >= 0.6 is 0 Å². The van der Waals surface area contributed by atoms with E-state index in [0.29, 0.717) is 68.8 Å². The third-order valence-corrected chi connectivity index (χ3v) is 15.4. The second kappa shape index (κ2) is 31.1. The van der Waals surface area contributed by atoms with Gasteiger partial charge < -0.3 is 55.9 Å². The van der Waals surface area contributed by atoms with Crippen LogP contribution in [0.3, 0.4) is 0 Å². The van der Waals surface area contributed by atoms with Gasteiger partial charge in [-0.25, -0.2) is 32.5 Å². The second-order valence-corrected chi connectivity index (χ2v) is 22.3. The van der Waals surface area contributed by atoms with E-state index >= 15 is 8.78 Å². The Morgan fingerprint density at radius 2 is 1.60 bits per heavy atom. The molecule has 3 aliphatic rings. The SMILES string of the molecule is CC(C)[C@H](NC(=O)CCCCCN1C(=O)C=CC1=O)C(=O)C[C@@H](CCCNC(N)=O)C(=O)Nc1ccc(COC(=O)N2C[C@@H](CN(C(=O)N[C@@H](C)CO)[C@@H](c3nc(-c4cc(F)ccc4F)cn3Cc3ccccc3)C3CCOCC3)[C@@H](F)C2)cc1. The topological polar surface area (TPSA) is 277 Å². The molecule has 9 amide bonds. The summed E-state index contributed by atoms with van der Waals surface area (Å²) in [6, 6.07) is 15.0. The Bertz CT molecular complexity index is 2980. The fourth-order valence-electron chi connectivity index (χ4n) is 10.8. The molecule has 2 saturated heterocycles. The zero-order valence-corrected chi connectivity index (χ0v) is 48.2. The third kappa shape index (κ3) is 18.4. The van der Waals surface area contributed by atoms with Crippen LogP contribution in [0.15, 0.2) is 91.1 Å². The van der Waals surface area contributed by atoms with Gasteiger partial charge in [0.05, 0.1) is 37.0 Å². The molecular formula is C61H77F3N10O11. The number of carbonyl (C=O) groups excluding carboxylic acids is 8. The molecule has 3 aliphatic heterocycles. The van der Waals surface area contributed by atoms with Gasteiger partial charge in [0.25, 0.3) is 11.8 Å². The number of rotatable bonds is 29. The van der Waals surface area contributed by atoms with Crippen molar-refractivity contribution in [1.29, 1.82) is 0 Å². The maximum absolute atomic E-state index is 16.5. The van der Waals surface area contributed by atoms with E-state index in [1.165, 1.54) is 22.0 Å². The number of Topliss-reactive ketones (excluding diaryl/α,β-unsaturated/α-hetero) is 1. The van der Waals surface area contributed by atoms with Crippen LogP contribution < -0.4 is 27.0 Å². The molecule has 0 bridgehead atoms. The van der Waals surface area contributed by atoms with Crippen molar-refractivity contribution in [2.24, 2.45) is 29.4 Å². The number of ketones is 1. The molecule has 3 aromatic carbocycles. The number of alkyl halides is 1. The maximum Gasteiger partial charge on any atom is 0.410 e. The average Bonchev–Trinajstić information content (AvgIpc) is 2.07. The van der Waals surface area contributed by atoms with E-state index in [4.69, 9.17) is 20.2 Å². The van der Waals surface area contributed by atoms with Gasteiger partial charge in [-0.3, -0.25) is 28.9 Å². The summed E-state index contributed by atoms with van der Waals surface area (Å²) in [6.07, 6.45) is 4.48. The number of amides is 9. The number of unbranched alkanes of at least 4 members (excludes halogenated alkanes) is 2. The van der Waals surface area contributed by atoms with Crippen LogP contribution in [0.4, 0.5) is 33.2 Å². The van der Waals surface area contributed by atoms with Crippen molar-refractivity contribution in [2.45, 2.75) is 116 Å². The number of ether oxygens (including phenoxy) is 2. The van der Waals surface area contributed by atoms with Gasteiger partial charge in [0.1, 0.15) is 30.2 Å². The average molecular weight is 1180 g/mol. The number of anilines is 1. The first-order valence-corrected chi connectivity index (χ1v) is 28.9. The molecule has 0 saturated carbocycles. The van der Waals surface area contributed by atoms with Crippen molar-refractivity contribution in [3.8, 4) is 11.3 Å². The lowest BCUT2D eigenvalue weighted by molar-refractivity contribution is -0.137. The molecule has 2 fully saturated rings. The zero-order chi connectivity index (χ0) is 61.2. The molecule has 0 spiro atoms. The van der Waals surface area contributed by atoms with Gasteiger partial charge in [-0.05, 0) is 98.7 Å². The highest BCUT2D eigenvalue weighted by atomic mass is 19.1. The number of primary amides is 1. The highest BCUT2D eigenvalue weighted by molar-refractivity contribution is 6.12. The van der Waals surface area contributed by atoms with E-state index in [9.17, 15) is 47.9 Å². The van der Waals surface area contributed by atoms with Crippen LogP contribution in [0, 0.1) is 35.3 Å². The summed E-state index contributed by atoms with van der Waals surface area (Å²) in [4.78, 5) is 113. The number of halogens is 3. The van der Waals surface area contributed by atoms with Crippen molar-refractivity contribution >= 4 is 53.3 Å². The Kier molecular flexibility index (Phi) is 23.6. The van der Waals surface area contributed by atoms with Crippen LogP contribution in [-0.2, 0) is 46.6 Å². The summed E-state index contributed by atoms with van der Waals surface area (Å²) in [6.45, 7) is 5.18. The summed E-state index contributed by atoms with van der Waals surface area (Å²) >= 11 is 0. The molecule has 0 radical (unpaired) electrons. The number of likely N-dealkylation sites (tertiary alicyclic amines) is 1. The van der Waals surface area contributed by atoms with Crippen LogP contribution in [0.5, 0.6) is 0 Å². The van der Waals surface area contributed by atoms with Gasteiger partial charge in [0, 0.05) is 100 Å². The summed E-state index contributed by atoms with van der Waals surface area (Å²) in [5, 5.41) is 21.0. The highest BCUT2D eigenvalue weighted by Gasteiger charge is 2.43. The minimum absolute atomic E-state index is 0.0885. The number of nitrogens with zero attached hydrogens (tertiary/aromatic N) is 5. The standard InChI is InChI=1S/C61H77F3N10O11/c1-38(2)55(70-52(77)14-8-5-9-26-73-53(78)21-22-54(73)79)51(76)29-43(13-10-25-66-59(65)81)58(80)68-46-18-15-41(16-19-46)37-85-61(83)72-32-44(49(64)34-72)33-74(60(82)67-39(3)36-75)56(42-23-27-84-28-24-42)57-69-50(47-30-45(62)17-20-48(47)63)35-71(57)31-40-11-6-4-7-12-40/h4,6-7,11-12,15-22,30,35,38-39,42-44,49,55-56,75H,5,8-10,13-14,23-29,31-34,36-37H2,1-3H3,(H,67,82)(H,68,80)(H,70,77)(H3,65,66,81)/t39-,43+,44-,49-,55-,56+/m0/s1. The molecule has 6 atom stereocenters. The van der Waals surface area contributed by atoms with Crippen LogP contribution in [0.2, 0.25) is 0 Å². The first-order chi connectivity index (χ1) is 40.8. The van der Waals surface area contributed by atoms with E-state index in [0.717, 1.165) is 28.7 Å². The summed E-state index contributed by atoms with van der Waals surface area (Å²) in [7, 11) is 0. The summed E-state index contributed by atoms with van der Waals surface area (Å²) < 4.78 is 59.8. The van der Waals surface area contributed by atoms with Crippen molar-refractivity contribution < 1.29 is 66.1 Å². The number of nitrogens with two attached hydrogens (primary N) is 1. The Morgan fingerprint density at radius 1 is 0.882 bits per heavy atom. The Balaban J connectivity index is 0.991. The monoisotopic (exact) mass is 1180 g/mol. The number of urea groups is 2. The molecular weight excluding hydrogens is 1110 g/mol. The minimum atomic E-state index is -1.61. The fourth-order valence-corrected chi connectivity index (χ4v) is 10.8. The molecule has 7 rings (SSSR count). The van der Waals surface area contributed by atoms with Gasteiger partial charge in [0.2, 0.25) is 11.8 Å². The van der Waals surface area contributed by atoms with Crippen LogP contribution in [0.25, 0.3) is 11.3 Å². The smallest absolute Gasteiger partial charge is 0.410 e. The van der Waals surface area contributed by atoms with Crippen LogP contribution in [0.1, 0.15) is 102 Å². The largest absolute Gasteiger partial charge is 0.445 e. The molecule has 0 unspecified atom stereocenters. The highest BCUT2D eigenvalue weighted by Crippen LogP contribution is 2.39. The minimum Gasteiger partial charge on any atom is -0.445 e. The number of aliphatic hydroxyl groups excluding tert-OH is 1. The molecule has 0 aliphatic carbocycles. The third-order valence-electron chi connectivity index (χ3n) is 15.4. The number of hydrogen-bond donors (Lipinski definition) is 6. The van der Waals surface area contributed by atoms with Crippen molar-refractivity contribution in [3.63, 3.8) is 0 Å². The first kappa shape index (κ1) is 64.4. The van der Waals surface area contributed by atoms with E-state index < -0.39 is 78.4 Å². The van der Waals surface area contributed by atoms with Gasteiger partial charge in [0.15, 0.2) is 5.78 Å². The van der Waals surface area contributed by atoms with Crippen molar-refractivity contribution in [2.75, 3.05) is 57.9 Å². The second-order valence-electron chi connectivity index (χ2n) is 22.3. The maximum atomic E-state index is 16.5. The number of aliphatic hydroxyl groups is 1. The number of benzene rings is 3.